The fourth-order valence-electron chi connectivity index (χ4n) is 1.69. The van der Waals surface area contributed by atoms with Gasteiger partial charge in [0.15, 0.2) is 0 Å². The third-order valence-corrected chi connectivity index (χ3v) is 2.78. The Morgan fingerprint density at radius 3 is 3.07 bits per heavy atom. The van der Waals surface area contributed by atoms with Crippen molar-refractivity contribution in [3.63, 3.8) is 0 Å². The SMILES string of the molecule is Oc1ccc(C[C@@H]2CNCCO2)cc1Cl. The highest BCUT2D eigenvalue weighted by atomic mass is 35.5. The van der Waals surface area contributed by atoms with Crippen molar-refractivity contribution in [3.8, 4) is 5.75 Å². The lowest BCUT2D eigenvalue weighted by molar-refractivity contribution is 0.0292. The molecule has 1 aromatic carbocycles. The molecular weight excluding hydrogens is 214 g/mol. The molecule has 1 saturated heterocycles. The minimum atomic E-state index is 0.128. The molecule has 0 unspecified atom stereocenters. The normalized spacial score (nSPS) is 21.5. The van der Waals surface area contributed by atoms with E-state index in [-0.39, 0.29) is 11.9 Å². The Hall–Kier alpha value is -0.770. The number of phenolic OH excluding ortho intramolecular Hbond substituents is 1. The van der Waals surface area contributed by atoms with Gasteiger partial charge in [-0.25, -0.2) is 0 Å². The van der Waals surface area contributed by atoms with Crippen LogP contribution in [0.25, 0.3) is 0 Å². The van der Waals surface area contributed by atoms with Crippen molar-refractivity contribution >= 4 is 11.6 Å². The maximum atomic E-state index is 9.27. The van der Waals surface area contributed by atoms with Gasteiger partial charge in [-0.2, -0.15) is 0 Å². The molecule has 0 spiro atoms. The summed E-state index contributed by atoms with van der Waals surface area (Å²) in [5, 5.41) is 12.9. The zero-order valence-corrected chi connectivity index (χ0v) is 9.13. The second-order valence-electron chi connectivity index (χ2n) is 3.69. The number of morpholine rings is 1. The van der Waals surface area contributed by atoms with Crippen molar-refractivity contribution < 1.29 is 9.84 Å². The lowest BCUT2D eigenvalue weighted by Gasteiger charge is -2.23. The third kappa shape index (κ3) is 2.84. The third-order valence-electron chi connectivity index (χ3n) is 2.48. The average molecular weight is 228 g/mol. The van der Waals surface area contributed by atoms with E-state index in [4.69, 9.17) is 16.3 Å². The molecule has 0 radical (unpaired) electrons. The highest BCUT2D eigenvalue weighted by molar-refractivity contribution is 6.32. The van der Waals surface area contributed by atoms with Gasteiger partial charge in [-0.1, -0.05) is 17.7 Å². The molecule has 1 aliphatic heterocycles. The van der Waals surface area contributed by atoms with Crippen molar-refractivity contribution in [2.75, 3.05) is 19.7 Å². The van der Waals surface area contributed by atoms with E-state index in [1.807, 2.05) is 6.07 Å². The summed E-state index contributed by atoms with van der Waals surface area (Å²) in [5.41, 5.74) is 1.09. The van der Waals surface area contributed by atoms with Gasteiger partial charge in [0.1, 0.15) is 5.75 Å². The fourth-order valence-corrected chi connectivity index (χ4v) is 1.89. The van der Waals surface area contributed by atoms with Gasteiger partial charge >= 0.3 is 0 Å². The summed E-state index contributed by atoms with van der Waals surface area (Å²) in [5.74, 6) is 0.128. The van der Waals surface area contributed by atoms with Gasteiger partial charge in [0, 0.05) is 13.1 Å². The highest BCUT2D eigenvalue weighted by Gasteiger charge is 2.14. The van der Waals surface area contributed by atoms with Gasteiger partial charge in [0.2, 0.25) is 0 Å². The molecule has 1 aromatic rings. The molecule has 0 aliphatic carbocycles. The zero-order valence-electron chi connectivity index (χ0n) is 8.37. The van der Waals surface area contributed by atoms with Crippen LogP contribution in [0.3, 0.4) is 0 Å². The Morgan fingerprint density at radius 2 is 2.40 bits per heavy atom. The highest BCUT2D eigenvalue weighted by Crippen LogP contribution is 2.24. The molecular formula is C11H14ClNO2. The van der Waals surface area contributed by atoms with Gasteiger partial charge in [0.25, 0.3) is 0 Å². The Morgan fingerprint density at radius 1 is 1.53 bits per heavy atom. The molecule has 2 rings (SSSR count). The Bertz CT molecular complexity index is 337. The number of nitrogens with one attached hydrogen (secondary N) is 1. The van der Waals surface area contributed by atoms with E-state index in [1.54, 1.807) is 12.1 Å². The van der Waals surface area contributed by atoms with Gasteiger partial charge in [-0.05, 0) is 24.1 Å². The van der Waals surface area contributed by atoms with Crippen molar-refractivity contribution in [1.29, 1.82) is 0 Å². The minimum absolute atomic E-state index is 0.128. The maximum Gasteiger partial charge on any atom is 0.134 e. The average Bonchev–Trinajstić information content (AvgIpc) is 2.25. The quantitative estimate of drug-likeness (QED) is 0.806. The summed E-state index contributed by atoms with van der Waals surface area (Å²) >= 11 is 5.83. The van der Waals surface area contributed by atoms with Crippen LogP contribution >= 0.6 is 11.6 Å². The number of ether oxygens (including phenoxy) is 1. The van der Waals surface area contributed by atoms with Crippen LogP contribution in [0.4, 0.5) is 0 Å². The number of halogens is 1. The van der Waals surface area contributed by atoms with Crippen LogP contribution < -0.4 is 5.32 Å². The number of rotatable bonds is 2. The van der Waals surface area contributed by atoms with E-state index in [0.29, 0.717) is 5.02 Å². The summed E-state index contributed by atoms with van der Waals surface area (Å²) in [6.07, 6.45) is 1.03. The lowest BCUT2D eigenvalue weighted by atomic mass is 10.1. The topological polar surface area (TPSA) is 41.5 Å². The van der Waals surface area contributed by atoms with Crippen LogP contribution in [0, 0.1) is 0 Å². The molecule has 1 atom stereocenters. The molecule has 15 heavy (non-hydrogen) atoms. The van der Waals surface area contributed by atoms with Crippen LogP contribution in [-0.4, -0.2) is 30.9 Å². The van der Waals surface area contributed by atoms with Crippen LogP contribution in [0.15, 0.2) is 18.2 Å². The first-order chi connectivity index (χ1) is 7.25. The lowest BCUT2D eigenvalue weighted by Crippen LogP contribution is -2.39. The number of hydrogen-bond donors (Lipinski definition) is 2. The number of benzene rings is 1. The second kappa shape index (κ2) is 4.84. The Balaban J connectivity index is 2.00. The number of phenols is 1. The summed E-state index contributed by atoms with van der Waals surface area (Å²) in [6, 6.07) is 5.28. The maximum absolute atomic E-state index is 9.27. The first-order valence-corrected chi connectivity index (χ1v) is 5.43. The molecule has 82 valence electrons. The molecule has 0 bridgehead atoms. The van der Waals surface area contributed by atoms with Crippen LogP contribution in [0.1, 0.15) is 5.56 Å². The first kappa shape index (κ1) is 10.7. The zero-order chi connectivity index (χ0) is 10.7. The molecule has 4 heteroatoms. The second-order valence-corrected chi connectivity index (χ2v) is 4.09. The smallest absolute Gasteiger partial charge is 0.134 e. The van der Waals surface area contributed by atoms with Crippen molar-refractivity contribution in [2.45, 2.75) is 12.5 Å². The van der Waals surface area contributed by atoms with E-state index in [2.05, 4.69) is 5.32 Å². The summed E-state index contributed by atoms with van der Waals surface area (Å²) < 4.78 is 5.58. The first-order valence-electron chi connectivity index (χ1n) is 5.05. The van der Waals surface area contributed by atoms with E-state index in [9.17, 15) is 5.11 Å². The van der Waals surface area contributed by atoms with Crippen LogP contribution in [0.2, 0.25) is 5.02 Å². The van der Waals surface area contributed by atoms with Crippen molar-refractivity contribution in [1.82, 2.24) is 5.32 Å². The van der Waals surface area contributed by atoms with Gasteiger partial charge < -0.3 is 15.2 Å². The predicted molar refractivity (Wildman–Crippen MR) is 59.4 cm³/mol. The van der Waals surface area contributed by atoms with E-state index in [1.165, 1.54) is 0 Å². The molecule has 1 aliphatic rings. The summed E-state index contributed by atoms with van der Waals surface area (Å²) in [6.45, 7) is 2.56. The van der Waals surface area contributed by atoms with Crippen LogP contribution in [-0.2, 0) is 11.2 Å². The number of hydrogen-bond acceptors (Lipinski definition) is 3. The fraction of sp³-hybridized carbons (Fsp3) is 0.455. The molecule has 1 heterocycles. The van der Waals surface area contributed by atoms with Gasteiger partial charge in [-0.3, -0.25) is 0 Å². The predicted octanol–water partition coefficient (Wildman–Crippen LogP) is 1.58. The van der Waals surface area contributed by atoms with E-state index < -0.39 is 0 Å². The monoisotopic (exact) mass is 227 g/mol. The van der Waals surface area contributed by atoms with Crippen LogP contribution in [0.5, 0.6) is 5.75 Å². The standard InChI is InChI=1S/C11H14ClNO2/c12-10-6-8(1-2-11(10)14)5-9-7-13-3-4-15-9/h1-2,6,9,13-14H,3-5,7H2/t9-/m1/s1. The largest absolute Gasteiger partial charge is 0.506 e. The van der Waals surface area contributed by atoms with Gasteiger partial charge in [0.05, 0.1) is 17.7 Å². The minimum Gasteiger partial charge on any atom is -0.506 e. The molecule has 0 amide bonds. The number of aromatic hydroxyl groups is 1. The van der Waals surface area contributed by atoms with Gasteiger partial charge in [-0.15, -0.1) is 0 Å². The van der Waals surface area contributed by atoms with E-state index in [0.717, 1.165) is 31.7 Å². The molecule has 2 N–H and O–H groups in total. The van der Waals surface area contributed by atoms with Crippen molar-refractivity contribution in [2.24, 2.45) is 0 Å². The molecule has 0 saturated carbocycles. The molecule has 0 aromatic heterocycles. The molecule has 1 fully saturated rings. The molecule has 3 nitrogen and oxygen atoms in total. The summed E-state index contributed by atoms with van der Waals surface area (Å²) in [7, 11) is 0. The van der Waals surface area contributed by atoms with E-state index >= 15 is 0 Å². The Kier molecular flexibility index (Phi) is 3.46. The van der Waals surface area contributed by atoms with Crippen molar-refractivity contribution in [3.05, 3.63) is 28.8 Å². The Labute approximate surface area is 94.0 Å². The summed E-state index contributed by atoms with van der Waals surface area (Å²) in [4.78, 5) is 0.